The minimum absolute atomic E-state index is 0. The number of rotatable bonds is 2. The van der Waals surface area contributed by atoms with Crippen LogP contribution in [0.25, 0.3) is 12.2 Å². The Balaban J connectivity index is 0.000000960. The number of halogens is 2. The van der Waals surface area contributed by atoms with Gasteiger partial charge in [-0.3, -0.25) is 0 Å². The first-order chi connectivity index (χ1) is 10.00. The Bertz CT molecular complexity index is 724. The van der Waals surface area contributed by atoms with Gasteiger partial charge in [-0.15, -0.1) is 0 Å². The van der Waals surface area contributed by atoms with Gasteiger partial charge < -0.3 is 24.8 Å². The predicted molar refractivity (Wildman–Crippen MR) is 98.9 cm³/mol. The summed E-state index contributed by atoms with van der Waals surface area (Å²) in [7, 11) is -1.52. The second-order valence-corrected chi connectivity index (χ2v) is 13.3. The fourth-order valence-electron chi connectivity index (χ4n) is 4.63. The third-order valence-electron chi connectivity index (χ3n) is 5.23. The van der Waals surface area contributed by atoms with Crippen molar-refractivity contribution in [3.8, 4) is 0 Å². The third-order valence-corrected chi connectivity index (χ3v) is 11.3. The van der Waals surface area contributed by atoms with Gasteiger partial charge in [-0.05, 0) is 57.6 Å². The van der Waals surface area contributed by atoms with Crippen LogP contribution in [0.15, 0.2) is 32.7 Å². The molecule has 2 aromatic heterocycles. The molecule has 2 aliphatic rings. The zero-order valence-electron chi connectivity index (χ0n) is 14.2. The van der Waals surface area contributed by atoms with Crippen molar-refractivity contribution < 1.29 is 51.0 Å². The zero-order valence-corrected chi connectivity index (χ0v) is 20.8. The van der Waals surface area contributed by atoms with Crippen molar-refractivity contribution in [1.29, 1.82) is 0 Å². The second kappa shape index (κ2) is 8.06. The maximum absolute atomic E-state index is 2.59. The first-order valence-electron chi connectivity index (χ1n) is 7.48. The molecular weight excluding hydrogens is 471 g/mol. The number of hydrogen-bond donors (Lipinski definition) is 0. The Morgan fingerprint density at radius 3 is 1.50 bits per heavy atom. The summed E-state index contributed by atoms with van der Waals surface area (Å²) in [6.07, 6.45) is 4.85. The molecule has 4 rings (SSSR count). The van der Waals surface area contributed by atoms with E-state index in [1.165, 1.54) is 11.1 Å². The maximum Gasteiger partial charge on any atom is 2.00 e. The summed E-state index contributed by atoms with van der Waals surface area (Å²) in [5, 5.41) is 9.42. The molecule has 0 fully saturated rings. The van der Waals surface area contributed by atoms with E-state index >= 15 is 0 Å². The van der Waals surface area contributed by atoms with Crippen LogP contribution < -0.4 is 24.8 Å². The van der Waals surface area contributed by atoms with Gasteiger partial charge in [0.25, 0.3) is 0 Å². The summed E-state index contributed by atoms with van der Waals surface area (Å²) < 4.78 is 0. The summed E-state index contributed by atoms with van der Waals surface area (Å²) in [6, 6.07) is 0. The van der Waals surface area contributed by atoms with Crippen molar-refractivity contribution >= 4 is 42.9 Å². The molecule has 0 radical (unpaired) electrons. The first-order valence-corrected chi connectivity index (χ1v) is 12.5. The van der Waals surface area contributed by atoms with Gasteiger partial charge in [0.2, 0.25) is 0 Å². The molecule has 0 spiro atoms. The molecule has 0 nitrogen and oxygen atoms in total. The summed E-state index contributed by atoms with van der Waals surface area (Å²) in [5.74, 6) is 0. The Hall–Kier alpha value is 0.560. The summed E-state index contributed by atoms with van der Waals surface area (Å²) >= 11 is 3.72. The predicted octanol–water partition coefficient (Wildman–Crippen LogP) is 0.303. The maximum atomic E-state index is 2.59. The van der Waals surface area contributed by atoms with Crippen molar-refractivity contribution in [3.63, 3.8) is 0 Å². The largest absolute Gasteiger partial charge is 2.00 e. The van der Waals surface area contributed by atoms with Crippen LogP contribution in [-0.2, 0) is 26.2 Å². The number of allylic oxidation sites excluding steroid dienone is 2. The second-order valence-electron chi connectivity index (χ2n) is 7.03. The molecule has 0 saturated heterocycles. The van der Waals surface area contributed by atoms with Crippen molar-refractivity contribution in [2.75, 3.05) is 0 Å². The Labute approximate surface area is 185 Å². The molecule has 126 valence electrons. The third kappa shape index (κ3) is 3.28. The molecule has 0 bridgehead atoms. The van der Waals surface area contributed by atoms with Crippen LogP contribution in [0.2, 0.25) is 13.1 Å². The van der Waals surface area contributed by atoms with E-state index in [9.17, 15) is 0 Å². The van der Waals surface area contributed by atoms with Gasteiger partial charge in [0, 0.05) is 11.1 Å². The van der Waals surface area contributed by atoms with Gasteiger partial charge in [0.05, 0.1) is 8.07 Å². The van der Waals surface area contributed by atoms with Gasteiger partial charge in [-0.2, -0.15) is 22.7 Å². The van der Waals surface area contributed by atoms with E-state index in [1.807, 2.05) is 22.7 Å². The van der Waals surface area contributed by atoms with Gasteiger partial charge in [0.1, 0.15) is 0 Å². The number of fused-ring (bicyclic) bond motifs is 2. The zero-order chi connectivity index (χ0) is 14.8. The molecule has 2 atom stereocenters. The quantitative estimate of drug-likeness (QED) is 0.532. The van der Waals surface area contributed by atoms with Crippen LogP contribution in [0, 0.1) is 0 Å². The SMILES string of the molecule is CC1=Cc2cscc2C1[Si](C)(C)C1C(C)=Cc2cscc21.[Cl-].[Cl-].[Zr+2]. The number of thiophene rings is 2. The van der Waals surface area contributed by atoms with E-state index < -0.39 is 8.07 Å². The van der Waals surface area contributed by atoms with Crippen molar-refractivity contribution in [3.05, 3.63) is 54.9 Å². The molecule has 0 N–H and O–H groups in total. The molecule has 0 amide bonds. The summed E-state index contributed by atoms with van der Waals surface area (Å²) in [5.41, 5.74) is 10.7. The molecule has 2 heterocycles. The molecule has 0 aliphatic heterocycles. The smallest absolute Gasteiger partial charge is 1.00 e. The molecule has 2 unspecified atom stereocenters. The summed E-state index contributed by atoms with van der Waals surface area (Å²) in [4.78, 5) is 0. The fraction of sp³-hybridized carbons (Fsp3) is 0.333. The average molecular weight is 491 g/mol. The van der Waals surface area contributed by atoms with Gasteiger partial charge in [-0.1, -0.05) is 36.4 Å². The Kier molecular flexibility index (Phi) is 7.59. The monoisotopic (exact) mass is 488 g/mol. The normalized spacial score (nSPS) is 20.8. The van der Waals surface area contributed by atoms with Crippen LogP contribution in [-0.4, -0.2) is 8.07 Å². The van der Waals surface area contributed by atoms with Gasteiger partial charge in [0.15, 0.2) is 0 Å². The Morgan fingerprint density at radius 2 is 1.12 bits per heavy atom. The van der Waals surface area contributed by atoms with Crippen LogP contribution in [0.1, 0.15) is 47.2 Å². The molecule has 6 heteroatoms. The number of hydrogen-bond acceptors (Lipinski definition) is 2. The molecule has 2 aromatic rings. The van der Waals surface area contributed by atoms with Crippen LogP contribution in [0.4, 0.5) is 0 Å². The summed E-state index contributed by atoms with van der Waals surface area (Å²) in [6.45, 7) is 9.87. The van der Waals surface area contributed by atoms with E-state index in [4.69, 9.17) is 0 Å². The Morgan fingerprint density at radius 1 is 0.750 bits per heavy atom. The molecule has 2 aliphatic carbocycles. The standard InChI is InChI=1S/C18H20S2Si.2ClH.Zr/c1-11-5-13-7-19-9-15(13)17(11)21(3,4)18-12(2)6-14-8-20-10-16(14)18;;;/h5-10,17-18H,1-4H3;2*1H;/q;;;+2/p-2. The average Bonchev–Trinajstić information content (AvgIpc) is 3.07. The van der Waals surface area contributed by atoms with Crippen molar-refractivity contribution in [2.24, 2.45) is 0 Å². The van der Waals surface area contributed by atoms with Crippen LogP contribution in [0.3, 0.4) is 0 Å². The van der Waals surface area contributed by atoms with E-state index in [1.54, 1.807) is 22.3 Å². The van der Waals surface area contributed by atoms with E-state index in [-0.39, 0.29) is 51.0 Å². The van der Waals surface area contributed by atoms with E-state index in [0.717, 1.165) is 0 Å². The van der Waals surface area contributed by atoms with Gasteiger partial charge >= 0.3 is 26.2 Å². The first kappa shape index (κ1) is 22.6. The van der Waals surface area contributed by atoms with Crippen molar-refractivity contribution in [2.45, 2.75) is 38.0 Å². The van der Waals surface area contributed by atoms with E-state index in [2.05, 4.69) is 60.6 Å². The minimum atomic E-state index is -1.52. The fourth-order valence-corrected chi connectivity index (χ4v) is 11.5. The van der Waals surface area contributed by atoms with Crippen molar-refractivity contribution in [1.82, 2.24) is 0 Å². The topological polar surface area (TPSA) is 0 Å². The van der Waals surface area contributed by atoms with E-state index in [0.29, 0.717) is 11.1 Å². The molecule has 0 saturated carbocycles. The molecule has 0 aromatic carbocycles. The van der Waals surface area contributed by atoms with Crippen LogP contribution >= 0.6 is 22.7 Å². The molecular formula is C18H20Cl2S2SiZr. The molecule has 24 heavy (non-hydrogen) atoms. The van der Waals surface area contributed by atoms with Gasteiger partial charge in [-0.25, -0.2) is 0 Å². The minimum Gasteiger partial charge on any atom is -1.00 e. The van der Waals surface area contributed by atoms with Crippen LogP contribution in [0.5, 0.6) is 0 Å².